The molecule has 27 heavy (non-hydrogen) atoms. The Morgan fingerprint density at radius 3 is 0.889 bits per heavy atom. The van der Waals surface area contributed by atoms with Crippen LogP contribution < -0.4 is 0 Å². The van der Waals surface area contributed by atoms with Crippen molar-refractivity contribution in [3.8, 4) is 0 Å². The first kappa shape index (κ1) is 27.4. The fraction of sp³-hybridized carbons (Fsp3) is 1.00. The van der Waals surface area contributed by atoms with Crippen molar-refractivity contribution in [1.82, 2.24) is 0 Å². The molecular weight excluding hydrogens is 343 g/mol. The van der Waals surface area contributed by atoms with E-state index in [1.54, 1.807) is 31.1 Å². The monoisotopic (exact) mass is 399 g/mol. The van der Waals surface area contributed by atoms with Gasteiger partial charge in [0.05, 0.1) is 0 Å². The third-order valence-electron chi connectivity index (χ3n) is 6.44. The SMILES string of the molecule is CCCCCCCCCCCCCC[P](CCCC)(CCCC)CCCC. The van der Waals surface area contributed by atoms with Crippen LogP contribution >= 0.6 is 7.26 Å². The summed E-state index contributed by atoms with van der Waals surface area (Å²) in [6.45, 7) is 9.47. The van der Waals surface area contributed by atoms with Gasteiger partial charge in [0.25, 0.3) is 0 Å². The lowest BCUT2D eigenvalue weighted by atomic mass is 10.1. The number of rotatable bonds is 22. The summed E-state index contributed by atoms with van der Waals surface area (Å²) in [7, 11) is -0.626. The molecule has 0 aromatic carbocycles. The van der Waals surface area contributed by atoms with E-state index < -0.39 is 7.26 Å². The summed E-state index contributed by atoms with van der Waals surface area (Å²) >= 11 is 0. The van der Waals surface area contributed by atoms with Crippen molar-refractivity contribution >= 4 is 7.26 Å². The van der Waals surface area contributed by atoms with Gasteiger partial charge in [-0.05, 0) is 50.3 Å². The molecule has 1 heteroatoms. The van der Waals surface area contributed by atoms with E-state index in [1.807, 2.05) is 0 Å². The molecule has 0 rings (SSSR count). The topological polar surface area (TPSA) is 0 Å². The highest BCUT2D eigenvalue weighted by molar-refractivity contribution is 7.75. The molecule has 0 aromatic rings. The standard InChI is InChI=1S/C26H56P/c1-5-9-13-14-15-16-17-18-19-20-21-22-26-27(23-10-6-2,24-11-7-3)25-12-8-4/h5-26H2,1-4H3. The normalized spacial score (nSPS) is 12.0. The summed E-state index contributed by atoms with van der Waals surface area (Å²) in [5, 5.41) is 0. The van der Waals surface area contributed by atoms with Crippen LogP contribution in [0, 0.1) is 0 Å². The van der Waals surface area contributed by atoms with Crippen molar-refractivity contribution in [3.05, 3.63) is 0 Å². The van der Waals surface area contributed by atoms with Gasteiger partial charge >= 0.3 is 0 Å². The molecule has 0 N–H and O–H groups in total. The largest absolute Gasteiger partial charge is 0.125 e. The predicted molar refractivity (Wildman–Crippen MR) is 132 cm³/mol. The molecule has 0 heterocycles. The van der Waals surface area contributed by atoms with Crippen LogP contribution in [0.3, 0.4) is 0 Å². The Morgan fingerprint density at radius 1 is 0.296 bits per heavy atom. The summed E-state index contributed by atoms with van der Waals surface area (Å²) in [5.41, 5.74) is 0. The molecule has 0 aliphatic heterocycles. The first-order chi connectivity index (χ1) is 13.2. The lowest BCUT2D eigenvalue weighted by Gasteiger charge is -2.37. The van der Waals surface area contributed by atoms with Gasteiger partial charge < -0.3 is 0 Å². The molecule has 0 nitrogen and oxygen atoms in total. The second kappa shape index (κ2) is 21.1. The highest BCUT2D eigenvalue weighted by Gasteiger charge is 2.24. The molecule has 0 saturated carbocycles. The molecule has 0 bridgehead atoms. The van der Waals surface area contributed by atoms with Gasteiger partial charge in [0.2, 0.25) is 0 Å². The van der Waals surface area contributed by atoms with E-state index in [-0.39, 0.29) is 0 Å². The van der Waals surface area contributed by atoms with Crippen molar-refractivity contribution in [3.63, 3.8) is 0 Å². The van der Waals surface area contributed by atoms with Gasteiger partial charge in [0, 0.05) is 0 Å². The zero-order valence-electron chi connectivity index (χ0n) is 20.0. The van der Waals surface area contributed by atoms with E-state index in [2.05, 4.69) is 27.7 Å². The Hall–Kier alpha value is 0.430. The van der Waals surface area contributed by atoms with Crippen molar-refractivity contribution in [1.29, 1.82) is 0 Å². The van der Waals surface area contributed by atoms with Crippen LogP contribution in [-0.4, -0.2) is 24.6 Å². The van der Waals surface area contributed by atoms with E-state index in [0.29, 0.717) is 0 Å². The minimum absolute atomic E-state index is 0.626. The second-order valence-corrected chi connectivity index (χ2v) is 13.7. The molecule has 1 radical (unpaired) electrons. The van der Waals surface area contributed by atoms with Gasteiger partial charge in [-0.1, -0.05) is 118 Å². The van der Waals surface area contributed by atoms with Crippen molar-refractivity contribution in [2.45, 2.75) is 143 Å². The minimum atomic E-state index is -0.626. The van der Waals surface area contributed by atoms with Crippen LogP contribution in [0.25, 0.3) is 0 Å². The summed E-state index contributed by atoms with van der Waals surface area (Å²) in [4.78, 5) is 0. The van der Waals surface area contributed by atoms with E-state index in [4.69, 9.17) is 0 Å². The molecule has 0 aromatic heterocycles. The molecule has 0 spiro atoms. The van der Waals surface area contributed by atoms with Gasteiger partial charge in [-0.3, -0.25) is 0 Å². The molecule has 0 fully saturated rings. The zero-order chi connectivity index (χ0) is 20.1. The maximum Gasteiger partial charge on any atom is -0.0359 e. The highest BCUT2D eigenvalue weighted by Crippen LogP contribution is 2.61. The van der Waals surface area contributed by atoms with Gasteiger partial charge in [0.15, 0.2) is 0 Å². The lowest BCUT2D eigenvalue weighted by Crippen LogP contribution is -2.13. The third kappa shape index (κ3) is 17.0. The zero-order valence-corrected chi connectivity index (χ0v) is 20.9. The Balaban J connectivity index is 3.89. The first-order valence-corrected chi connectivity index (χ1v) is 15.6. The molecule has 0 amide bonds. The Kier molecular flexibility index (Phi) is 21.5. The molecule has 0 saturated heterocycles. The third-order valence-corrected chi connectivity index (χ3v) is 11.5. The van der Waals surface area contributed by atoms with E-state index in [0.717, 1.165) is 0 Å². The van der Waals surface area contributed by atoms with Gasteiger partial charge in [-0.2, -0.15) is 0 Å². The van der Waals surface area contributed by atoms with Crippen LogP contribution in [-0.2, 0) is 0 Å². The molecule has 0 unspecified atom stereocenters. The summed E-state index contributed by atoms with van der Waals surface area (Å²) in [5.74, 6) is 0. The van der Waals surface area contributed by atoms with Crippen molar-refractivity contribution in [2.24, 2.45) is 0 Å². The van der Waals surface area contributed by atoms with Crippen molar-refractivity contribution < 1.29 is 0 Å². The van der Waals surface area contributed by atoms with Crippen LogP contribution in [0.4, 0.5) is 0 Å². The smallest absolute Gasteiger partial charge is 0.0359 e. The van der Waals surface area contributed by atoms with E-state index in [1.165, 1.54) is 109 Å². The van der Waals surface area contributed by atoms with Crippen LogP contribution in [0.1, 0.15) is 143 Å². The van der Waals surface area contributed by atoms with Crippen LogP contribution in [0.15, 0.2) is 0 Å². The highest BCUT2D eigenvalue weighted by atomic mass is 31.2. The maximum atomic E-state index is 2.39. The summed E-state index contributed by atoms with van der Waals surface area (Å²) in [6.07, 6.45) is 33.0. The van der Waals surface area contributed by atoms with E-state index >= 15 is 0 Å². The predicted octanol–water partition coefficient (Wildman–Crippen LogP) is 10.1. The Labute approximate surface area is 175 Å². The molecular formula is C26H56P. The minimum Gasteiger partial charge on any atom is -0.125 e. The Bertz CT molecular complexity index is 252. The Morgan fingerprint density at radius 2 is 0.556 bits per heavy atom. The molecule has 0 atom stereocenters. The average molecular weight is 400 g/mol. The molecule has 165 valence electrons. The molecule has 0 aliphatic carbocycles. The summed E-state index contributed by atoms with van der Waals surface area (Å²) in [6, 6.07) is 0. The van der Waals surface area contributed by atoms with Gasteiger partial charge in [-0.15, -0.1) is 7.26 Å². The van der Waals surface area contributed by atoms with Crippen LogP contribution in [0.5, 0.6) is 0 Å². The number of hydrogen-bond donors (Lipinski definition) is 0. The quantitative estimate of drug-likeness (QED) is 0.125. The first-order valence-electron chi connectivity index (χ1n) is 13.1. The van der Waals surface area contributed by atoms with Gasteiger partial charge in [-0.25, -0.2) is 0 Å². The van der Waals surface area contributed by atoms with E-state index in [9.17, 15) is 0 Å². The number of hydrogen-bond acceptors (Lipinski definition) is 0. The van der Waals surface area contributed by atoms with Crippen LogP contribution in [0.2, 0.25) is 0 Å². The number of unbranched alkanes of at least 4 members (excludes halogenated alkanes) is 14. The second-order valence-electron chi connectivity index (χ2n) is 9.19. The molecule has 0 aliphatic rings. The fourth-order valence-corrected chi connectivity index (χ4v) is 9.64. The van der Waals surface area contributed by atoms with Gasteiger partial charge in [0.1, 0.15) is 0 Å². The average Bonchev–Trinajstić information content (AvgIpc) is 2.69. The lowest BCUT2D eigenvalue weighted by molar-refractivity contribution is 0.548. The summed E-state index contributed by atoms with van der Waals surface area (Å²) < 4.78 is 0. The fourth-order valence-electron chi connectivity index (χ4n) is 4.44. The van der Waals surface area contributed by atoms with Crippen molar-refractivity contribution in [2.75, 3.05) is 24.6 Å². The maximum absolute atomic E-state index is 2.39.